The third-order valence-corrected chi connectivity index (χ3v) is 0.775. The Morgan fingerprint density at radius 2 is 1.80 bits per heavy atom. The van der Waals surface area contributed by atoms with Crippen LogP contribution in [0.15, 0.2) is 3.91 Å². The summed E-state index contributed by atoms with van der Waals surface area (Å²) in [4.78, 5) is 0. The van der Waals surface area contributed by atoms with Crippen molar-refractivity contribution in [2.24, 2.45) is 15.4 Å². The number of hydrogen-bond donors (Lipinski definition) is 2. The first kappa shape index (κ1) is 4.83. The average Bonchev–Trinajstić information content (AvgIpc) is 1.38. The monoisotopic (exact) mass is 135 g/mol. The molecule has 30 valence electrons. The van der Waals surface area contributed by atoms with Gasteiger partial charge in [0.1, 0.15) is 0 Å². The van der Waals surface area contributed by atoms with Gasteiger partial charge in [0.2, 0.25) is 0 Å². The van der Waals surface area contributed by atoms with Gasteiger partial charge in [-0.3, -0.25) is 0 Å². The molecule has 4 heteroatoms. The topological polar surface area (TPSA) is 64.4 Å². The van der Waals surface area contributed by atoms with Crippen molar-refractivity contribution in [3.05, 3.63) is 0 Å². The molecule has 0 spiro atoms. The molecule has 4 N–H and O–H groups in total. The summed E-state index contributed by atoms with van der Waals surface area (Å²) >= 11 is 1.17. The Hall–Kier alpha value is -0.172. The molecule has 0 heterocycles. The van der Waals surface area contributed by atoms with Crippen LogP contribution < -0.4 is 11.5 Å². The zero-order valence-corrected chi connectivity index (χ0v) is 5.10. The van der Waals surface area contributed by atoms with Crippen molar-refractivity contribution in [2.75, 3.05) is 0 Å². The first-order chi connectivity index (χ1) is 2.27. The van der Waals surface area contributed by atoms with Crippen LogP contribution in [0.2, 0.25) is 0 Å². The molecule has 0 rings (SSSR count). The summed E-state index contributed by atoms with van der Waals surface area (Å²) in [5.74, 6) is 0.157. The molecule has 0 saturated carbocycles. The van der Waals surface area contributed by atoms with Gasteiger partial charge in [0.05, 0.1) is 0 Å². The number of guanidine groups is 1. The Balaban J connectivity index is 3.14. The van der Waals surface area contributed by atoms with Crippen LogP contribution in [-0.4, -0.2) is 23.0 Å². The quantitative estimate of drug-likeness (QED) is 0.225. The second-order valence-corrected chi connectivity index (χ2v) is 1.10. The molecule has 0 saturated heterocycles. The normalized spacial score (nSPS) is 6.60. The Bertz CT molecular complexity index is 44.9. The Labute approximate surface area is 39.2 Å². The minimum atomic E-state index is 0.157. The molecular formula is CH6AsN3. The van der Waals surface area contributed by atoms with Crippen LogP contribution in [0.4, 0.5) is 0 Å². The Morgan fingerprint density at radius 1 is 1.60 bits per heavy atom. The first-order valence-electron chi connectivity index (χ1n) is 1.06. The molecule has 0 aliphatic carbocycles. The van der Waals surface area contributed by atoms with Gasteiger partial charge in [0, 0.05) is 0 Å². The van der Waals surface area contributed by atoms with E-state index < -0.39 is 0 Å². The third-order valence-electron chi connectivity index (χ3n) is 0.149. The second-order valence-electron chi connectivity index (χ2n) is 0.554. The van der Waals surface area contributed by atoms with Crippen LogP contribution in [0.3, 0.4) is 0 Å². The molecule has 0 bridgehead atoms. The van der Waals surface area contributed by atoms with Gasteiger partial charge in [-0.25, -0.2) is 0 Å². The summed E-state index contributed by atoms with van der Waals surface area (Å²) in [6.45, 7) is 0. The van der Waals surface area contributed by atoms with Gasteiger partial charge in [-0.05, 0) is 0 Å². The Morgan fingerprint density at radius 3 is 1.80 bits per heavy atom. The van der Waals surface area contributed by atoms with E-state index >= 15 is 0 Å². The summed E-state index contributed by atoms with van der Waals surface area (Å²) in [7, 11) is 0. The molecule has 0 aliphatic heterocycles. The van der Waals surface area contributed by atoms with Gasteiger partial charge >= 0.3 is 38.4 Å². The number of rotatable bonds is 0. The molecule has 0 aliphatic rings. The maximum atomic E-state index is 4.84. The fraction of sp³-hybridized carbons (Fsp3) is 0. The molecule has 3 nitrogen and oxygen atoms in total. The average molecular weight is 135 g/mol. The molecule has 0 fully saturated rings. The van der Waals surface area contributed by atoms with E-state index in [0.717, 1.165) is 0 Å². The number of hydrogen-bond acceptors (Lipinski definition) is 1. The van der Waals surface area contributed by atoms with E-state index in [0.29, 0.717) is 0 Å². The summed E-state index contributed by atoms with van der Waals surface area (Å²) < 4.78 is 3.42. The van der Waals surface area contributed by atoms with Crippen LogP contribution in [0.1, 0.15) is 0 Å². The molecule has 0 aromatic rings. The fourth-order valence-electron chi connectivity index (χ4n) is 0. The van der Waals surface area contributed by atoms with E-state index in [-0.39, 0.29) is 5.96 Å². The predicted octanol–water partition coefficient (Wildman–Crippen LogP) is -2.19. The van der Waals surface area contributed by atoms with Crippen molar-refractivity contribution in [1.29, 1.82) is 0 Å². The Kier molecular flexibility index (Phi) is 2.02. The summed E-state index contributed by atoms with van der Waals surface area (Å²) in [5.41, 5.74) is 9.67. The zero-order valence-electron chi connectivity index (χ0n) is 2.68. The van der Waals surface area contributed by atoms with Crippen molar-refractivity contribution >= 4 is 23.0 Å². The molecular weight excluding hydrogens is 129 g/mol. The SMILES string of the molecule is NC(N)=N[AsH2]. The van der Waals surface area contributed by atoms with Gasteiger partial charge < -0.3 is 0 Å². The van der Waals surface area contributed by atoms with Crippen LogP contribution in [0, 0.1) is 0 Å². The predicted molar refractivity (Wildman–Crippen MR) is 24.4 cm³/mol. The van der Waals surface area contributed by atoms with E-state index in [9.17, 15) is 0 Å². The first-order valence-corrected chi connectivity index (χ1v) is 2.14. The molecule has 1 atom stereocenters. The number of nitrogens with zero attached hydrogens (tertiary/aromatic N) is 1. The maximum absolute atomic E-state index is 4.84. The summed E-state index contributed by atoms with van der Waals surface area (Å²) in [6, 6.07) is 0. The molecule has 0 aromatic heterocycles. The van der Waals surface area contributed by atoms with Crippen molar-refractivity contribution in [3.63, 3.8) is 0 Å². The molecule has 0 aromatic carbocycles. The van der Waals surface area contributed by atoms with E-state index in [1.165, 1.54) is 17.1 Å². The van der Waals surface area contributed by atoms with Crippen molar-refractivity contribution in [1.82, 2.24) is 0 Å². The van der Waals surface area contributed by atoms with Gasteiger partial charge in [-0.15, -0.1) is 0 Å². The van der Waals surface area contributed by atoms with Crippen molar-refractivity contribution < 1.29 is 0 Å². The molecule has 0 amide bonds. The van der Waals surface area contributed by atoms with Gasteiger partial charge in [0.25, 0.3) is 0 Å². The third kappa shape index (κ3) is 3.83. The fourth-order valence-corrected chi connectivity index (χ4v) is 0. The van der Waals surface area contributed by atoms with Gasteiger partial charge in [0.15, 0.2) is 0 Å². The van der Waals surface area contributed by atoms with E-state index in [1.54, 1.807) is 0 Å². The van der Waals surface area contributed by atoms with Crippen LogP contribution in [0.25, 0.3) is 0 Å². The second kappa shape index (κ2) is 2.09. The molecule has 1 unspecified atom stereocenters. The van der Waals surface area contributed by atoms with E-state index in [2.05, 4.69) is 3.91 Å². The minimum absolute atomic E-state index is 0.157. The molecule has 5 heavy (non-hydrogen) atoms. The van der Waals surface area contributed by atoms with E-state index in [1.807, 2.05) is 0 Å². The number of nitrogens with two attached hydrogens (primary N) is 2. The van der Waals surface area contributed by atoms with Crippen LogP contribution in [0.5, 0.6) is 0 Å². The molecule has 0 radical (unpaired) electrons. The van der Waals surface area contributed by atoms with Crippen LogP contribution in [-0.2, 0) is 0 Å². The zero-order chi connectivity index (χ0) is 4.28. The summed E-state index contributed by atoms with van der Waals surface area (Å²) in [6.07, 6.45) is 0. The van der Waals surface area contributed by atoms with Crippen molar-refractivity contribution in [2.45, 2.75) is 0 Å². The standard InChI is InChI=1S/CH6AsN3/c2-5-1(3)4/h2H2,(H4,3,4,5). The van der Waals surface area contributed by atoms with E-state index in [4.69, 9.17) is 11.5 Å². The summed E-state index contributed by atoms with van der Waals surface area (Å²) in [5, 5.41) is 0. The van der Waals surface area contributed by atoms with Gasteiger partial charge in [-0.1, -0.05) is 0 Å². The van der Waals surface area contributed by atoms with Crippen LogP contribution >= 0.6 is 0 Å². The van der Waals surface area contributed by atoms with Gasteiger partial charge in [-0.2, -0.15) is 0 Å². The van der Waals surface area contributed by atoms with Crippen molar-refractivity contribution in [3.8, 4) is 0 Å².